The van der Waals surface area contributed by atoms with Gasteiger partial charge in [-0.2, -0.15) is 0 Å². The number of nitrogens with zero attached hydrogens (tertiary/aromatic N) is 1. The first-order valence-corrected chi connectivity index (χ1v) is 7.63. The number of carbonyl (C=O) groups excluding carboxylic acids is 1. The van der Waals surface area contributed by atoms with Crippen LogP contribution in [0.3, 0.4) is 0 Å². The van der Waals surface area contributed by atoms with Gasteiger partial charge in [0, 0.05) is 24.2 Å². The van der Waals surface area contributed by atoms with Crippen molar-refractivity contribution in [2.75, 3.05) is 13.6 Å². The van der Waals surface area contributed by atoms with Crippen molar-refractivity contribution in [1.82, 2.24) is 4.90 Å². The van der Waals surface area contributed by atoms with Crippen molar-refractivity contribution in [1.29, 1.82) is 0 Å². The van der Waals surface area contributed by atoms with Crippen molar-refractivity contribution in [2.45, 2.75) is 6.54 Å². The lowest BCUT2D eigenvalue weighted by atomic mass is 10.2. The molecule has 2 rings (SSSR count). The maximum atomic E-state index is 12.3. The number of amides is 1. The van der Waals surface area contributed by atoms with Crippen LogP contribution in [-0.2, 0) is 6.54 Å². The van der Waals surface area contributed by atoms with Crippen LogP contribution in [-0.4, -0.2) is 24.4 Å². The largest absolute Gasteiger partial charge is 0.337 e. The summed E-state index contributed by atoms with van der Waals surface area (Å²) in [5.74, 6) is 5.75. The molecule has 1 aromatic carbocycles. The molecule has 0 fully saturated rings. The van der Waals surface area contributed by atoms with Crippen molar-refractivity contribution in [3.05, 3.63) is 56.7 Å². The van der Waals surface area contributed by atoms with E-state index in [-0.39, 0.29) is 5.91 Å². The molecule has 2 aromatic rings. The van der Waals surface area contributed by atoms with Gasteiger partial charge in [0.2, 0.25) is 0 Å². The zero-order chi connectivity index (χ0) is 15.2. The lowest BCUT2D eigenvalue weighted by molar-refractivity contribution is 0.0785. The Balaban J connectivity index is 2.05. The SMILES string of the molecule is CN(Cc1csc(C#CCN)c1)C(=O)c1cccc(Cl)c1. The van der Waals surface area contributed by atoms with Crippen molar-refractivity contribution in [2.24, 2.45) is 5.73 Å². The Morgan fingerprint density at radius 3 is 2.95 bits per heavy atom. The average Bonchev–Trinajstić information content (AvgIpc) is 2.91. The van der Waals surface area contributed by atoms with Gasteiger partial charge in [-0.1, -0.05) is 29.5 Å². The highest BCUT2D eigenvalue weighted by Gasteiger charge is 2.12. The maximum absolute atomic E-state index is 12.3. The lowest BCUT2D eigenvalue weighted by Crippen LogP contribution is -2.25. The normalized spacial score (nSPS) is 9.86. The summed E-state index contributed by atoms with van der Waals surface area (Å²) in [5, 5.41) is 2.56. The first kappa shape index (κ1) is 15.6. The summed E-state index contributed by atoms with van der Waals surface area (Å²) in [4.78, 5) is 14.9. The average molecular weight is 319 g/mol. The van der Waals surface area contributed by atoms with Gasteiger partial charge in [0.25, 0.3) is 5.91 Å². The van der Waals surface area contributed by atoms with Gasteiger partial charge in [-0.25, -0.2) is 0 Å². The number of benzene rings is 1. The molecule has 0 radical (unpaired) electrons. The molecule has 0 aliphatic carbocycles. The second-order valence-corrected chi connectivity index (χ2v) is 5.84. The molecule has 1 heterocycles. The van der Waals surface area contributed by atoms with Gasteiger partial charge in [0.15, 0.2) is 0 Å². The molecule has 0 aliphatic heterocycles. The number of nitrogens with two attached hydrogens (primary N) is 1. The smallest absolute Gasteiger partial charge is 0.253 e. The standard InChI is InChI=1S/C16H15ClN2OS/c1-19(16(20)13-4-2-5-14(17)9-13)10-12-8-15(21-11-12)6-3-7-18/h2,4-5,8-9,11H,7,10,18H2,1H3. The third-order valence-corrected chi connectivity index (χ3v) is 3.93. The van der Waals surface area contributed by atoms with Gasteiger partial charge in [-0.15, -0.1) is 11.3 Å². The van der Waals surface area contributed by atoms with E-state index in [1.165, 1.54) is 0 Å². The van der Waals surface area contributed by atoms with Crippen LogP contribution in [0.15, 0.2) is 35.7 Å². The molecule has 1 amide bonds. The number of carbonyl (C=O) groups is 1. The lowest BCUT2D eigenvalue weighted by Gasteiger charge is -2.16. The highest BCUT2D eigenvalue weighted by atomic mass is 35.5. The number of hydrogen-bond donors (Lipinski definition) is 1. The molecule has 0 unspecified atom stereocenters. The second kappa shape index (κ2) is 7.28. The molecule has 108 valence electrons. The van der Waals surface area contributed by atoms with Crippen LogP contribution in [0.4, 0.5) is 0 Å². The monoisotopic (exact) mass is 318 g/mol. The summed E-state index contributed by atoms with van der Waals surface area (Å²) in [5.41, 5.74) is 6.99. The van der Waals surface area contributed by atoms with Gasteiger partial charge in [0.05, 0.1) is 11.4 Å². The van der Waals surface area contributed by atoms with Crippen LogP contribution in [0.1, 0.15) is 20.8 Å². The molecule has 0 aliphatic rings. The Kier molecular flexibility index (Phi) is 5.40. The molecule has 21 heavy (non-hydrogen) atoms. The summed E-state index contributed by atoms with van der Waals surface area (Å²) < 4.78 is 0. The van der Waals surface area contributed by atoms with E-state index in [1.807, 2.05) is 11.4 Å². The van der Waals surface area contributed by atoms with E-state index in [1.54, 1.807) is 47.5 Å². The van der Waals surface area contributed by atoms with Crippen LogP contribution < -0.4 is 5.73 Å². The first-order chi connectivity index (χ1) is 10.1. The topological polar surface area (TPSA) is 46.3 Å². The Hall–Kier alpha value is -1.80. The molecule has 0 saturated heterocycles. The Morgan fingerprint density at radius 2 is 2.24 bits per heavy atom. The Morgan fingerprint density at radius 1 is 1.43 bits per heavy atom. The highest BCUT2D eigenvalue weighted by molar-refractivity contribution is 7.10. The zero-order valence-electron chi connectivity index (χ0n) is 11.6. The quantitative estimate of drug-likeness (QED) is 0.884. The molecule has 0 spiro atoms. The second-order valence-electron chi connectivity index (χ2n) is 4.50. The number of halogens is 1. The fourth-order valence-corrected chi connectivity index (χ4v) is 2.81. The van der Waals surface area contributed by atoms with Crippen LogP contribution in [0.5, 0.6) is 0 Å². The van der Waals surface area contributed by atoms with Crippen molar-refractivity contribution < 1.29 is 4.79 Å². The van der Waals surface area contributed by atoms with Crippen LogP contribution in [0.2, 0.25) is 5.02 Å². The summed E-state index contributed by atoms with van der Waals surface area (Å²) in [6.45, 7) is 0.881. The number of rotatable bonds is 3. The third-order valence-electron chi connectivity index (χ3n) is 2.81. The van der Waals surface area contributed by atoms with Gasteiger partial charge >= 0.3 is 0 Å². The predicted molar refractivity (Wildman–Crippen MR) is 87.5 cm³/mol. The Bertz CT molecular complexity index is 700. The van der Waals surface area contributed by atoms with E-state index in [2.05, 4.69) is 11.8 Å². The molecule has 1 aromatic heterocycles. The number of hydrogen-bond acceptors (Lipinski definition) is 3. The van der Waals surface area contributed by atoms with E-state index in [9.17, 15) is 4.79 Å². The first-order valence-electron chi connectivity index (χ1n) is 6.37. The molecular formula is C16H15ClN2OS. The van der Waals surface area contributed by atoms with Gasteiger partial charge in [0.1, 0.15) is 0 Å². The van der Waals surface area contributed by atoms with Crippen molar-refractivity contribution >= 4 is 28.8 Å². The minimum Gasteiger partial charge on any atom is -0.337 e. The van der Waals surface area contributed by atoms with Gasteiger partial charge in [-0.05, 0) is 35.2 Å². The number of thiophene rings is 1. The molecule has 2 N–H and O–H groups in total. The van der Waals surface area contributed by atoms with E-state index in [0.29, 0.717) is 23.7 Å². The highest BCUT2D eigenvalue weighted by Crippen LogP contribution is 2.17. The van der Waals surface area contributed by atoms with E-state index in [0.717, 1.165) is 10.4 Å². The molecule has 0 atom stereocenters. The van der Waals surface area contributed by atoms with Gasteiger partial charge < -0.3 is 10.6 Å². The van der Waals surface area contributed by atoms with E-state index >= 15 is 0 Å². The molecule has 0 bridgehead atoms. The fraction of sp³-hybridized carbons (Fsp3) is 0.188. The van der Waals surface area contributed by atoms with Crippen LogP contribution in [0, 0.1) is 11.8 Å². The molecule has 3 nitrogen and oxygen atoms in total. The minimum atomic E-state index is -0.0571. The fourth-order valence-electron chi connectivity index (χ4n) is 1.85. The maximum Gasteiger partial charge on any atom is 0.253 e. The van der Waals surface area contributed by atoms with E-state index < -0.39 is 0 Å². The third kappa shape index (κ3) is 4.33. The molecule has 0 saturated carbocycles. The zero-order valence-corrected chi connectivity index (χ0v) is 13.2. The van der Waals surface area contributed by atoms with Crippen molar-refractivity contribution in [3.8, 4) is 11.8 Å². The summed E-state index contributed by atoms with van der Waals surface area (Å²) in [6.07, 6.45) is 0. The summed E-state index contributed by atoms with van der Waals surface area (Å²) in [6, 6.07) is 8.94. The minimum absolute atomic E-state index is 0.0571. The Labute approximate surface area is 133 Å². The molecule has 5 heteroatoms. The predicted octanol–water partition coefficient (Wildman–Crippen LogP) is 2.98. The van der Waals surface area contributed by atoms with Gasteiger partial charge in [-0.3, -0.25) is 4.79 Å². The van der Waals surface area contributed by atoms with E-state index in [4.69, 9.17) is 17.3 Å². The van der Waals surface area contributed by atoms with Crippen LogP contribution in [0.25, 0.3) is 0 Å². The summed E-state index contributed by atoms with van der Waals surface area (Å²) >= 11 is 7.46. The summed E-state index contributed by atoms with van der Waals surface area (Å²) in [7, 11) is 1.77. The molecular weight excluding hydrogens is 304 g/mol. The van der Waals surface area contributed by atoms with Crippen molar-refractivity contribution in [3.63, 3.8) is 0 Å². The van der Waals surface area contributed by atoms with Crippen LogP contribution >= 0.6 is 22.9 Å².